The number of carbonyl (C=O) groups is 1. The number of likely N-dealkylation sites (N-methyl/N-ethyl adjacent to an activating group) is 1. The summed E-state index contributed by atoms with van der Waals surface area (Å²) in [4.78, 5) is 21.9. The highest BCUT2D eigenvalue weighted by Crippen LogP contribution is 2.29. The third-order valence-corrected chi connectivity index (χ3v) is 5.96. The molecule has 0 N–H and O–H groups in total. The molecule has 0 aliphatic carbocycles. The molecule has 4 aromatic rings. The number of hydrogen-bond donors (Lipinski definition) is 0. The second kappa shape index (κ2) is 7.42. The number of imidazole rings is 1. The molecule has 7 heteroatoms. The lowest BCUT2D eigenvalue weighted by molar-refractivity contribution is 0.0532. The highest BCUT2D eigenvalue weighted by molar-refractivity contribution is 5.92. The molecule has 0 bridgehead atoms. The van der Waals surface area contributed by atoms with Gasteiger partial charge in [0.25, 0.3) is 5.91 Å². The molecule has 5 rings (SSSR count). The average molecular weight is 400 g/mol. The smallest absolute Gasteiger partial charge is 0.272 e. The van der Waals surface area contributed by atoms with Gasteiger partial charge in [-0.15, -0.1) is 0 Å². The average Bonchev–Trinajstić information content (AvgIpc) is 3.40. The van der Waals surface area contributed by atoms with Crippen molar-refractivity contribution in [3.63, 3.8) is 0 Å². The van der Waals surface area contributed by atoms with Gasteiger partial charge in [-0.2, -0.15) is 5.10 Å². The van der Waals surface area contributed by atoms with Crippen molar-refractivity contribution in [2.75, 3.05) is 26.7 Å². The maximum absolute atomic E-state index is 13.0. The van der Waals surface area contributed by atoms with Crippen molar-refractivity contribution in [3.8, 4) is 11.1 Å². The van der Waals surface area contributed by atoms with E-state index < -0.39 is 0 Å². The predicted molar refractivity (Wildman–Crippen MR) is 115 cm³/mol. The van der Waals surface area contributed by atoms with E-state index in [1.165, 1.54) is 5.56 Å². The molecular formula is C23H24N6O. The third-order valence-electron chi connectivity index (χ3n) is 5.96. The van der Waals surface area contributed by atoms with Crippen molar-refractivity contribution in [1.82, 2.24) is 29.0 Å². The molecule has 1 fully saturated rings. The summed E-state index contributed by atoms with van der Waals surface area (Å²) < 4.78 is 3.71. The van der Waals surface area contributed by atoms with Crippen LogP contribution in [0.5, 0.6) is 0 Å². The van der Waals surface area contributed by atoms with E-state index in [1.54, 1.807) is 24.0 Å². The Hall–Kier alpha value is -3.45. The monoisotopic (exact) mass is 400 g/mol. The number of fused-ring (bicyclic) bond motifs is 1. The summed E-state index contributed by atoms with van der Waals surface area (Å²) in [6.07, 6.45) is 5.64. The molecule has 1 aromatic carbocycles. The van der Waals surface area contributed by atoms with Crippen LogP contribution in [0.4, 0.5) is 0 Å². The number of aryl methyl sites for hydroxylation is 1. The second-order valence-corrected chi connectivity index (χ2v) is 7.79. The first-order valence-electron chi connectivity index (χ1n) is 10.1. The zero-order chi connectivity index (χ0) is 20.7. The van der Waals surface area contributed by atoms with Crippen LogP contribution in [0, 0.1) is 0 Å². The quantitative estimate of drug-likeness (QED) is 0.531. The van der Waals surface area contributed by atoms with Gasteiger partial charge in [-0.1, -0.05) is 36.4 Å². The molecule has 152 valence electrons. The number of aromatic nitrogens is 4. The Kier molecular flexibility index (Phi) is 4.59. The van der Waals surface area contributed by atoms with E-state index >= 15 is 0 Å². The molecule has 7 nitrogen and oxygen atoms in total. The van der Waals surface area contributed by atoms with E-state index in [2.05, 4.69) is 51.9 Å². The van der Waals surface area contributed by atoms with Crippen LogP contribution in [0.15, 0.2) is 67.3 Å². The molecule has 4 heterocycles. The Balaban J connectivity index is 1.45. The van der Waals surface area contributed by atoms with Crippen molar-refractivity contribution in [2.24, 2.45) is 7.05 Å². The van der Waals surface area contributed by atoms with Gasteiger partial charge in [0.15, 0.2) is 0 Å². The van der Waals surface area contributed by atoms with Crippen molar-refractivity contribution in [1.29, 1.82) is 0 Å². The molecule has 3 aromatic heterocycles. The van der Waals surface area contributed by atoms with Crippen LogP contribution in [0.25, 0.3) is 16.6 Å². The fourth-order valence-electron chi connectivity index (χ4n) is 4.18. The van der Waals surface area contributed by atoms with E-state index in [0.29, 0.717) is 18.8 Å². The third kappa shape index (κ3) is 3.17. The summed E-state index contributed by atoms with van der Waals surface area (Å²) in [5.41, 5.74) is 5.01. The highest BCUT2D eigenvalue weighted by Gasteiger charge is 2.32. The molecule has 0 saturated carbocycles. The molecule has 1 atom stereocenters. The number of carbonyl (C=O) groups excluding carboxylic acids is 1. The summed E-state index contributed by atoms with van der Waals surface area (Å²) in [6.45, 7) is 2.10. The Labute approximate surface area is 175 Å². The van der Waals surface area contributed by atoms with Gasteiger partial charge in [-0.25, -0.2) is 4.98 Å². The molecule has 0 unspecified atom stereocenters. The first-order valence-corrected chi connectivity index (χ1v) is 10.1. The minimum Gasteiger partial charge on any atom is -0.334 e. The molecule has 1 aliphatic heterocycles. The topological polar surface area (TPSA) is 58.7 Å². The summed E-state index contributed by atoms with van der Waals surface area (Å²) in [6, 6.07) is 16.4. The largest absolute Gasteiger partial charge is 0.334 e. The lowest BCUT2D eigenvalue weighted by Crippen LogP contribution is -2.49. The van der Waals surface area contributed by atoms with Crippen molar-refractivity contribution < 1.29 is 4.79 Å². The summed E-state index contributed by atoms with van der Waals surface area (Å²) in [5, 5.41) is 4.13. The van der Waals surface area contributed by atoms with Gasteiger partial charge in [-0.05, 0) is 30.3 Å². The van der Waals surface area contributed by atoms with E-state index in [9.17, 15) is 4.79 Å². The Bertz CT molecular complexity index is 1190. The lowest BCUT2D eigenvalue weighted by Gasteiger charge is -2.38. The lowest BCUT2D eigenvalue weighted by atomic mass is 10.1. The van der Waals surface area contributed by atoms with Crippen LogP contribution >= 0.6 is 0 Å². The Morgan fingerprint density at radius 1 is 1.00 bits per heavy atom. The van der Waals surface area contributed by atoms with Crippen LogP contribution in [0.1, 0.15) is 22.2 Å². The summed E-state index contributed by atoms with van der Waals surface area (Å²) in [7, 11) is 3.90. The maximum atomic E-state index is 13.0. The first kappa shape index (κ1) is 18.6. The van der Waals surface area contributed by atoms with E-state index in [4.69, 9.17) is 4.98 Å². The van der Waals surface area contributed by atoms with E-state index in [-0.39, 0.29) is 11.9 Å². The minimum absolute atomic E-state index is 0.0166. The van der Waals surface area contributed by atoms with Crippen molar-refractivity contribution in [2.45, 2.75) is 6.04 Å². The molecule has 1 saturated heterocycles. The van der Waals surface area contributed by atoms with Crippen molar-refractivity contribution in [3.05, 3.63) is 78.6 Å². The fraction of sp³-hybridized carbons (Fsp3) is 0.261. The number of piperazine rings is 1. The van der Waals surface area contributed by atoms with Crippen LogP contribution in [0.3, 0.4) is 0 Å². The number of hydrogen-bond acceptors (Lipinski definition) is 4. The minimum atomic E-state index is 0.0166. The Morgan fingerprint density at radius 3 is 2.60 bits per heavy atom. The summed E-state index contributed by atoms with van der Waals surface area (Å²) in [5.74, 6) is 0.0166. The SMILES string of the molecule is CN1CCN(C(=O)c2ccnn2C)C[C@@H]1c1ncn2cc(-c3ccccc3)ccc12. The molecule has 1 aliphatic rings. The number of benzene rings is 1. The van der Waals surface area contributed by atoms with Gasteiger partial charge in [0.2, 0.25) is 0 Å². The fourth-order valence-corrected chi connectivity index (χ4v) is 4.18. The molecule has 30 heavy (non-hydrogen) atoms. The molecule has 0 spiro atoms. The normalized spacial score (nSPS) is 17.5. The highest BCUT2D eigenvalue weighted by atomic mass is 16.2. The number of rotatable bonds is 3. The van der Waals surface area contributed by atoms with Crippen LogP contribution in [0.2, 0.25) is 0 Å². The molecule has 1 amide bonds. The van der Waals surface area contributed by atoms with Gasteiger partial charge < -0.3 is 9.30 Å². The number of amides is 1. The molecule has 0 radical (unpaired) electrons. The summed E-state index contributed by atoms with van der Waals surface area (Å²) >= 11 is 0. The first-order chi connectivity index (χ1) is 14.6. The van der Waals surface area contributed by atoms with Gasteiger partial charge in [0.05, 0.1) is 23.6 Å². The predicted octanol–water partition coefficient (Wildman–Crippen LogP) is 2.86. The second-order valence-electron chi connectivity index (χ2n) is 7.79. The van der Waals surface area contributed by atoms with Crippen LogP contribution in [-0.2, 0) is 7.05 Å². The van der Waals surface area contributed by atoms with Crippen LogP contribution < -0.4 is 0 Å². The standard InChI is InChI=1S/C23H24N6O/c1-26-12-13-28(23(30)20-10-11-25-27(20)2)15-21(26)22-19-9-8-18(14-29(19)16-24-22)17-6-4-3-5-7-17/h3-11,14,16,21H,12-13,15H2,1-2H3/t21-/m1/s1. The maximum Gasteiger partial charge on any atom is 0.272 e. The zero-order valence-corrected chi connectivity index (χ0v) is 17.1. The van der Waals surface area contributed by atoms with Gasteiger partial charge in [0.1, 0.15) is 5.69 Å². The zero-order valence-electron chi connectivity index (χ0n) is 17.1. The van der Waals surface area contributed by atoms with Crippen molar-refractivity contribution >= 4 is 11.4 Å². The molecular weight excluding hydrogens is 376 g/mol. The Morgan fingerprint density at radius 2 is 1.83 bits per heavy atom. The number of pyridine rings is 1. The van der Waals surface area contributed by atoms with E-state index in [1.807, 2.05) is 29.4 Å². The van der Waals surface area contributed by atoms with Gasteiger partial charge >= 0.3 is 0 Å². The van der Waals surface area contributed by atoms with E-state index in [0.717, 1.165) is 23.3 Å². The number of nitrogens with zero attached hydrogens (tertiary/aromatic N) is 6. The van der Waals surface area contributed by atoms with Gasteiger partial charge in [0, 0.05) is 39.1 Å². The van der Waals surface area contributed by atoms with Crippen LogP contribution in [-0.4, -0.2) is 61.6 Å². The van der Waals surface area contributed by atoms with Gasteiger partial charge in [-0.3, -0.25) is 14.4 Å².